The number of anilines is 2. The smallest absolute Gasteiger partial charge is 0.205 e. The second-order valence-corrected chi connectivity index (χ2v) is 5.31. The molecule has 0 radical (unpaired) electrons. The SMILES string of the molecule is Cc1nsc(N2CCN(c3ncccc3C#N)CC2)n1. The minimum atomic E-state index is 0.632. The van der Waals surface area contributed by atoms with Crippen LogP contribution in [-0.2, 0) is 0 Å². The molecule has 102 valence electrons. The monoisotopic (exact) mass is 286 g/mol. The molecule has 0 spiro atoms. The molecular weight excluding hydrogens is 272 g/mol. The van der Waals surface area contributed by atoms with E-state index < -0.39 is 0 Å². The number of piperazine rings is 1. The Balaban J connectivity index is 1.71. The minimum Gasteiger partial charge on any atom is -0.352 e. The number of rotatable bonds is 2. The molecule has 0 aliphatic carbocycles. The van der Waals surface area contributed by atoms with E-state index in [0.29, 0.717) is 5.56 Å². The van der Waals surface area contributed by atoms with Gasteiger partial charge in [-0.25, -0.2) is 9.97 Å². The van der Waals surface area contributed by atoms with E-state index >= 15 is 0 Å². The fourth-order valence-electron chi connectivity index (χ4n) is 2.26. The van der Waals surface area contributed by atoms with Crippen molar-refractivity contribution < 1.29 is 0 Å². The van der Waals surface area contributed by atoms with Crippen LogP contribution in [0, 0.1) is 18.3 Å². The van der Waals surface area contributed by atoms with Gasteiger partial charge in [-0.15, -0.1) is 0 Å². The molecule has 2 aromatic rings. The molecule has 0 atom stereocenters. The highest BCUT2D eigenvalue weighted by Crippen LogP contribution is 2.22. The largest absolute Gasteiger partial charge is 0.352 e. The molecule has 1 aliphatic heterocycles. The number of hydrogen-bond acceptors (Lipinski definition) is 7. The number of pyridine rings is 1. The molecule has 3 rings (SSSR count). The molecule has 1 aliphatic rings. The lowest BCUT2D eigenvalue weighted by Crippen LogP contribution is -2.47. The lowest BCUT2D eigenvalue weighted by molar-refractivity contribution is 0.645. The second-order valence-electron chi connectivity index (χ2n) is 4.58. The van der Waals surface area contributed by atoms with Gasteiger partial charge in [0.25, 0.3) is 0 Å². The molecule has 7 heteroatoms. The van der Waals surface area contributed by atoms with Crippen molar-refractivity contribution in [1.82, 2.24) is 14.3 Å². The van der Waals surface area contributed by atoms with E-state index in [9.17, 15) is 0 Å². The van der Waals surface area contributed by atoms with Gasteiger partial charge in [-0.3, -0.25) is 0 Å². The predicted molar refractivity (Wildman–Crippen MR) is 78.0 cm³/mol. The third-order valence-corrected chi connectivity index (χ3v) is 4.14. The average molecular weight is 286 g/mol. The van der Waals surface area contributed by atoms with Crippen molar-refractivity contribution in [2.24, 2.45) is 0 Å². The van der Waals surface area contributed by atoms with E-state index in [4.69, 9.17) is 5.26 Å². The van der Waals surface area contributed by atoms with Crippen molar-refractivity contribution in [2.75, 3.05) is 36.0 Å². The molecule has 0 bridgehead atoms. The number of nitrogens with zero attached hydrogens (tertiary/aromatic N) is 6. The van der Waals surface area contributed by atoms with Gasteiger partial charge in [-0.05, 0) is 19.1 Å². The van der Waals surface area contributed by atoms with Crippen LogP contribution in [0.4, 0.5) is 10.9 Å². The number of aryl methyl sites for hydroxylation is 1. The zero-order chi connectivity index (χ0) is 13.9. The molecule has 0 amide bonds. The van der Waals surface area contributed by atoms with Crippen LogP contribution in [0.3, 0.4) is 0 Å². The van der Waals surface area contributed by atoms with Crippen LogP contribution in [0.25, 0.3) is 0 Å². The van der Waals surface area contributed by atoms with Crippen molar-refractivity contribution >= 4 is 22.5 Å². The van der Waals surface area contributed by atoms with Crippen LogP contribution in [0.15, 0.2) is 18.3 Å². The van der Waals surface area contributed by atoms with Crippen molar-refractivity contribution in [3.05, 3.63) is 29.7 Å². The van der Waals surface area contributed by atoms with E-state index in [2.05, 4.69) is 30.2 Å². The van der Waals surface area contributed by atoms with Crippen LogP contribution in [0.1, 0.15) is 11.4 Å². The summed E-state index contributed by atoms with van der Waals surface area (Å²) in [5.41, 5.74) is 0.632. The minimum absolute atomic E-state index is 0.632. The van der Waals surface area contributed by atoms with Gasteiger partial charge in [0.1, 0.15) is 17.7 Å². The maximum atomic E-state index is 9.14. The Morgan fingerprint density at radius 1 is 1.25 bits per heavy atom. The van der Waals surface area contributed by atoms with Crippen molar-refractivity contribution in [1.29, 1.82) is 5.26 Å². The average Bonchev–Trinajstić information content (AvgIpc) is 2.94. The quantitative estimate of drug-likeness (QED) is 0.832. The first-order chi connectivity index (χ1) is 9.78. The Hall–Kier alpha value is -2.20. The van der Waals surface area contributed by atoms with Crippen molar-refractivity contribution in [3.8, 4) is 6.07 Å². The summed E-state index contributed by atoms with van der Waals surface area (Å²) in [4.78, 5) is 13.1. The summed E-state index contributed by atoms with van der Waals surface area (Å²) >= 11 is 1.44. The summed E-state index contributed by atoms with van der Waals surface area (Å²) < 4.78 is 4.22. The summed E-state index contributed by atoms with van der Waals surface area (Å²) in [6, 6.07) is 5.80. The molecule has 0 unspecified atom stereocenters. The fourth-order valence-corrected chi connectivity index (χ4v) is 2.99. The molecule has 0 aromatic carbocycles. The van der Waals surface area contributed by atoms with Gasteiger partial charge in [0, 0.05) is 43.9 Å². The van der Waals surface area contributed by atoms with Crippen LogP contribution < -0.4 is 9.80 Å². The Bertz CT molecular complexity index is 638. The number of aromatic nitrogens is 3. The van der Waals surface area contributed by atoms with Crippen LogP contribution >= 0.6 is 11.5 Å². The fraction of sp³-hybridized carbons (Fsp3) is 0.385. The zero-order valence-electron chi connectivity index (χ0n) is 11.2. The van der Waals surface area contributed by atoms with E-state index in [-0.39, 0.29) is 0 Å². The van der Waals surface area contributed by atoms with Crippen molar-refractivity contribution in [3.63, 3.8) is 0 Å². The van der Waals surface area contributed by atoms with Gasteiger partial charge in [-0.1, -0.05) is 0 Å². The van der Waals surface area contributed by atoms with Crippen molar-refractivity contribution in [2.45, 2.75) is 6.92 Å². The third-order valence-electron chi connectivity index (χ3n) is 3.27. The van der Waals surface area contributed by atoms with Gasteiger partial charge >= 0.3 is 0 Å². The summed E-state index contributed by atoms with van der Waals surface area (Å²) in [6.07, 6.45) is 1.73. The lowest BCUT2D eigenvalue weighted by atomic mass is 10.2. The highest BCUT2D eigenvalue weighted by molar-refractivity contribution is 7.09. The molecule has 6 nitrogen and oxygen atoms in total. The number of nitriles is 1. The summed E-state index contributed by atoms with van der Waals surface area (Å²) in [6.45, 7) is 5.32. The highest BCUT2D eigenvalue weighted by atomic mass is 32.1. The Morgan fingerprint density at radius 2 is 2.00 bits per heavy atom. The van der Waals surface area contributed by atoms with Crippen LogP contribution in [0.2, 0.25) is 0 Å². The van der Waals surface area contributed by atoms with Gasteiger partial charge in [-0.2, -0.15) is 9.64 Å². The summed E-state index contributed by atoms with van der Waals surface area (Å²) in [5, 5.41) is 10.1. The standard InChI is InChI=1S/C13H14N6S/c1-10-16-13(20-17-10)19-7-5-18(6-8-19)12-11(9-14)3-2-4-15-12/h2-4H,5-8H2,1H3. The Labute approximate surface area is 121 Å². The van der Waals surface area contributed by atoms with E-state index in [1.807, 2.05) is 13.0 Å². The molecule has 1 fully saturated rings. The van der Waals surface area contributed by atoms with Gasteiger partial charge in [0.05, 0.1) is 5.56 Å². The van der Waals surface area contributed by atoms with E-state index in [1.54, 1.807) is 12.3 Å². The highest BCUT2D eigenvalue weighted by Gasteiger charge is 2.22. The first kappa shape index (κ1) is 12.8. The van der Waals surface area contributed by atoms with Gasteiger partial charge in [0.15, 0.2) is 0 Å². The Kier molecular flexibility index (Phi) is 3.48. The van der Waals surface area contributed by atoms with E-state index in [0.717, 1.165) is 43.0 Å². The zero-order valence-corrected chi connectivity index (χ0v) is 12.0. The Morgan fingerprint density at radius 3 is 2.65 bits per heavy atom. The number of hydrogen-bond donors (Lipinski definition) is 0. The molecular formula is C13H14N6S. The first-order valence-electron chi connectivity index (χ1n) is 6.43. The maximum Gasteiger partial charge on any atom is 0.205 e. The topological polar surface area (TPSA) is 68.9 Å². The maximum absolute atomic E-state index is 9.14. The predicted octanol–water partition coefficient (Wildman–Crippen LogP) is 1.44. The lowest BCUT2D eigenvalue weighted by Gasteiger charge is -2.35. The molecule has 2 aromatic heterocycles. The van der Waals surface area contributed by atoms with Gasteiger partial charge in [0.2, 0.25) is 5.13 Å². The van der Waals surface area contributed by atoms with Gasteiger partial charge < -0.3 is 9.80 Å². The first-order valence-corrected chi connectivity index (χ1v) is 7.20. The van der Waals surface area contributed by atoms with Crippen LogP contribution in [0.5, 0.6) is 0 Å². The molecule has 1 saturated heterocycles. The molecule has 0 N–H and O–H groups in total. The van der Waals surface area contributed by atoms with Crippen LogP contribution in [-0.4, -0.2) is 40.5 Å². The second kappa shape index (κ2) is 5.43. The summed E-state index contributed by atoms with van der Waals surface area (Å²) in [7, 11) is 0. The molecule has 0 saturated carbocycles. The third kappa shape index (κ3) is 2.42. The molecule has 20 heavy (non-hydrogen) atoms. The molecule has 3 heterocycles. The summed E-state index contributed by atoms with van der Waals surface area (Å²) in [5.74, 6) is 1.60. The normalized spacial score (nSPS) is 15.2. The van der Waals surface area contributed by atoms with E-state index in [1.165, 1.54) is 11.5 Å².